The second kappa shape index (κ2) is 7.06. The van der Waals surface area contributed by atoms with Gasteiger partial charge >= 0.3 is 0 Å². The number of nitrogens with one attached hydrogen (secondary N) is 1. The van der Waals surface area contributed by atoms with Gasteiger partial charge in [-0.3, -0.25) is 4.99 Å². The highest BCUT2D eigenvalue weighted by molar-refractivity contribution is 8.15. The summed E-state index contributed by atoms with van der Waals surface area (Å²) in [7, 11) is 1.64. The Morgan fingerprint density at radius 2 is 2.30 bits per heavy atom. The van der Waals surface area contributed by atoms with Crippen molar-refractivity contribution in [1.82, 2.24) is 4.98 Å². The van der Waals surface area contributed by atoms with Gasteiger partial charge in [-0.1, -0.05) is 11.8 Å². The minimum absolute atomic E-state index is 0.235. The molecule has 3 N–H and O–H groups in total. The predicted octanol–water partition coefficient (Wildman–Crippen LogP) is 2.23. The number of fused-ring (bicyclic) bond motifs is 1. The molecule has 0 radical (unpaired) electrons. The average molecular weight is 333 g/mol. The number of methoxy groups -OCH3 is 1. The van der Waals surface area contributed by atoms with E-state index < -0.39 is 0 Å². The number of H-pyrrole nitrogens is 1. The van der Waals surface area contributed by atoms with Gasteiger partial charge in [0.15, 0.2) is 0 Å². The number of carbonyl (C=O) groups excluding carboxylic acids is 1. The maximum atomic E-state index is 10.6. The topological polar surface area (TPSA) is 89.7 Å². The molecule has 6 nitrogen and oxygen atoms in total. The molecule has 1 atom stereocenters. The van der Waals surface area contributed by atoms with E-state index in [1.807, 2.05) is 12.1 Å². The Labute approximate surface area is 138 Å². The molecule has 1 aromatic carbocycles. The lowest BCUT2D eigenvalue weighted by atomic mass is 10.2. The third kappa shape index (κ3) is 3.51. The Morgan fingerprint density at radius 1 is 1.43 bits per heavy atom. The number of aromatic amines is 1. The number of nitrogens with two attached hydrogens (primary N) is 1. The summed E-state index contributed by atoms with van der Waals surface area (Å²) in [6.07, 6.45) is 1.47. The summed E-state index contributed by atoms with van der Waals surface area (Å²) in [4.78, 5) is 18.5. The third-order valence-corrected chi connectivity index (χ3v) is 4.84. The highest BCUT2D eigenvalue weighted by Crippen LogP contribution is 2.32. The number of thioether (sulfide) groups is 1. The molecule has 0 saturated carbocycles. The van der Waals surface area contributed by atoms with Gasteiger partial charge in [0.25, 0.3) is 0 Å². The molecule has 0 saturated heterocycles. The van der Waals surface area contributed by atoms with Crippen LogP contribution in [-0.4, -0.2) is 48.4 Å². The maximum absolute atomic E-state index is 10.6. The summed E-state index contributed by atoms with van der Waals surface area (Å²) < 4.78 is 10.6. The van der Waals surface area contributed by atoms with E-state index in [9.17, 15) is 4.79 Å². The summed E-state index contributed by atoms with van der Waals surface area (Å²) in [5.74, 6) is 0.720. The molecule has 1 unspecified atom stereocenters. The van der Waals surface area contributed by atoms with Gasteiger partial charge in [-0.15, -0.1) is 0 Å². The zero-order valence-corrected chi connectivity index (χ0v) is 13.7. The summed E-state index contributed by atoms with van der Waals surface area (Å²) in [6.45, 7) is 1.69. The molecule has 0 bridgehead atoms. The van der Waals surface area contributed by atoms with Gasteiger partial charge in [-0.2, -0.15) is 0 Å². The van der Waals surface area contributed by atoms with Crippen LogP contribution in [0.4, 0.5) is 5.69 Å². The molecule has 1 aliphatic heterocycles. The van der Waals surface area contributed by atoms with Crippen molar-refractivity contribution in [1.29, 1.82) is 0 Å². The largest absolute Gasteiger partial charge is 0.491 e. The van der Waals surface area contributed by atoms with Crippen LogP contribution >= 0.6 is 11.8 Å². The lowest BCUT2D eigenvalue weighted by molar-refractivity contribution is -0.107. The van der Waals surface area contributed by atoms with Crippen molar-refractivity contribution in [3.8, 4) is 5.75 Å². The molecule has 0 amide bonds. The molecule has 23 heavy (non-hydrogen) atoms. The molecule has 2 heterocycles. The van der Waals surface area contributed by atoms with Crippen molar-refractivity contribution in [3.05, 3.63) is 23.9 Å². The first-order valence-corrected chi connectivity index (χ1v) is 8.28. The van der Waals surface area contributed by atoms with E-state index in [1.165, 1.54) is 0 Å². The van der Waals surface area contributed by atoms with Crippen LogP contribution in [0.15, 0.2) is 23.2 Å². The van der Waals surface area contributed by atoms with E-state index in [1.54, 1.807) is 24.9 Å². The van der Waals surface area contributed by atoms with Gasteiger partial charge in [0, 0.05) is 30.2 Å². The predicted molar refractivity (Wildman–Crippen MR) is 93.5 cm³/mol. The minimum Gasteiger partial charge on any atom is -0.491 e. The number of nitrogens with zero attached hydrogens (tertiary/aromatic N) is 1. The Hall–Kier alpha value is -1.99. The van der Waals surface area contributed by atoms with Crippen LogP contribution in [-0.2, 0) is 9.53 Å². The molecular formula is C16H19N3O3S. The Kier molecular flexibility index (Phi) is 4.88. The standard InChI is InChI=1S/C16H19N3O3S/c1-21-4-5-22-11-6-10-7-14(19-15(10)13(17)8-11)16-18-9-12(23-16)2-3-20/h3,6-8,12,19H,2,4-5,9,17H2,1H3. The maximum Gasteiger partial charge on any atom is 0.122 e. The molecule has 2 aromatic rings. The number of rotatable bonds is 7. The first-order valence-electron chi connectivity index (χ1n) is 7.40. The fourth-order valence-corrected chi connectivity index (χ4v) is 3.51. The lowest BCUT2D eigenvalue weighted by Crippen LogP contribution is -2.04. The van der Waals surface area contributed by atoms with Crippen LogP contribution in [0.5, 0.6) is 5.75 Å². The van der Waals surface area contributed by atoms with Crippen molar-refractivity contribution < 1.29 is 14.3 Å². The van der Waals surface area contributed by atoms with Crippen LogP contribution in [0, 0.1) is 0 Å². The van der Waals surface area contributed by atoms with Gasteiger partial charge in [-0.05, 0) is 12.1 Å². The van der Waals surface area contributed by atoms with E-state index in [0.29, 0.717) is 31.9 Å². The Bertz CT molecular complexity index is 741. The summed E-state index contributed by atoms with van der Waals surface area (Å²) in [5.41, 5.74) is 8.55. The van der Waals surface area contributed by atoms with Crippen molar-refractivity contribution in [3.63, 3.8) is 0 Å². The third-order valence-electron chi connectivity index (χ3n) is 3.59. The van der Waals surface area contributed by atoms with Crippen LogP contribution in [0.25, 0.3) is 10.9 Å². The highest BCUT2D eigenvalue weighted by Gasteiger charge is 2.22. The fraction of sp³-hybridized carbons (Fsp3) is 0.375. The van der Waals surface area contributed by atoms with Gasteiger partial charge in [0.2, 0.25) is 0 Å². The molecule has 0 aliphatic carbocycles. The number of aldehydes is 1. The first-order chi connectivity index (χ1) is 11.2. The molecule has 1 aromatic heterocycles. The molecule has 3 rings (SSSR count). The molecule has 7 heteroatoms. The summed E-state index contributed by atoms with van der Waals surface area (Å²) in [5, 5.41) is 2.14. The van der Waals surface area contributed by atoms with E-state index in [4.69, 9.17) is 15.2 Å². The average Bonchev–Trinajstić information content (AvgIpc) is 3.14. The molecule has 0 spiro atoms. The molecule has 1 aliphatic rings. The number of anilines is 1. The number of hydrogen-bond acceptors (Lipinski definition) is 6. The Morgan fingerprint density at radius 3 is 3.09 bits per heavy atom. The quantitative estimate of drug-likeness (QED) is 0.461. The minimum atomic E-state index is 0.235. The van der Waals surface area contributed by atoms with E-state index >= 15 is 0 Å². The van der Waals surface area contributed by atoms with E-state index in [2.05, 4.69) is 9.98 Å². The van der Waals surface area contributed by atoms with Crippen LogP contribution < -0.4 is 10.5 Å². The number of nitrogen functional groups attached to an aromatic ring is 1. The second-order valence-corrected chi connectivity index (χ2v) is 6.58. The van der Waals surface area contributed by atoms with Crippen molar-refractivity contribution in [2.45, 2.75) is 11.7 Å². The van der Waals surface area contributed by atoms with Gasteiger partial charge in [-0.25, -0.2) is 0 Å². The number of carbonyl (C=O) groups is 1. The van der Waals surface area contributed by atoms with Gasteiger partial charge < -0.3 is 25.0 Å². The van der Waals surface area contributed by atoms with Gasteiger partial charge in [0.05, 0.1) is 30.0 Å². The van der Waals surface area contributed by atoms with Crippen molar-refractivity contribution in [2.24, 2.45) is 4.99 Å². The van der Waals surface area contributed by atoms with Crippen LogP contribution in [0.1, 0.15) is 12.1 Å². The monoisotopic (exact) mass is 333 g/mol. The van der Waals surface area contributed by atoms with Gasteiger partial charge in [0.1, 0.15) is 23.7 Å². The number of hydrogen-bond donors (Lipinski definition) is 2. The SMILES string of the molecule is COCCOc1cc(N)c2[nH]c(C3=NCC(CC=O)S3)cc2c1. The number of ether oxygens (including phenoxy) is 2. The number of aliphatic imine (C=N–C) groups is 1. The molecular weight excluding hydrogens is 314 g/mol. The van der Waals surface area contributed by atoms with E-state index in [0.717, 1.165) is 33.7 Å². The lowest BCUT2D eigenvalue weighted by Gasteiger charge is -2.06. The summed E-state index contributed by atoms with van der Waals surface area (Å²) in [6, 6.07) is 5.77. The highest BCUT2D eigenvalue weighted by atomic mass is 32.2. The summed E-state index contributed by atoms with van der Waals surface area (Å²) >= 11 is 1.63. The normalized spacial score (nSPS) is 17.4. The van der Waals surface area contributed by atoms with Crippen LogP contribution in [0.2, 0.25) is 0 Å². The molecule has 0 fully saturated rings. The zero-order chi connectivity index (χ0) is 16.2. The fourth-order valence-electron chi connectivity index (χ4n) is 2.48. The van der Waals surface area contributed by atoms with Crippen molar-refractivity contribution >= 4 is 39.7 Å². The van der Waals surface area contributed by atoms with Crippen LogP contribution in [0.3, 0.4) is 0 Å². The number of aromatic nitrogens is 1. The zero-order valence-electron chi connectivity index (χ0n) is 12.9. The van der Waals surface area contributed by atoms with E-state index in [-0.39, 0.29) is 5.25 Å². The second-order valence-electron chi connectivity index (χ2n) is 5.29. The number of benzene rings is 1. The molecule has 122 valence electrons. The van der Waals surface area contributed by atoms with Crippen molar-refractivity contribution in [2.75, 3.05) is 32.6 Å². The first kappa shape index (κ1) is 15.9. The Balaban J connectivity index is 1.81. The smallest absolute Gasteiger partial charge is 0.122 e.